The molecule has 138 valence electrons. The summed E-state index contributed by atoms with van der Waals surface area (Å²) in [6.07, 6.45) is 0. The van der Waals surface area contributed by atoms with Crippen molar-refractivity contribution in [2.75, 3.05) is 5.32 Å². The zero-order chi connectivity index (χ0) is 19.5. The summed E-state index contributed by atoms with van der Waals surface area (Å²) in [5.74, 6) is -0.340. The van der Waals surface area contributed by atoms with Crippen molar-refractivity contribution >= 4 is 45.6 Å². The van der Waals surface area contributed by atoms with Crippen molar-refractivity contribution in [3.8, 4) is 22.4 Å². The number of carbonyl (C=O) groups is 1. The Morgan fingerprint density at radius 1 is 0.857 bits per heavy atom. The second-order valence-corrected chi connectivity index (χ2v) is 7.76. The van der Waals surface area contributed by atoms with Gasteiger partial charge in [0, 0.05) is 16.0 Å². The number of amides is 1. The number of rotatable bonds is 4. The molecule has 1 heterocycles. The highest BCUT2D eigenvalue weighted by molar-refractivity contribution is 7.14. The molecule has 3 aromatic carbocycles. The van der Waals surface area contributed by atoms with Crippen molar-refractivity contribution in [3.63, 3.8) is 0 Å². The molecule has 0 aliphatic carbocycles. The van der Waals surface area contributed by atoms with Gasteiger partial charge in [0.2, 0.25) is 0 Å². The molecule has 0 atom stereocenters. The first kappa shape index (κ1) is 18.7. The molecule has 0 radical (unpaired) electrons. The topological polar surface area (TPSA) is 42.0 Å². The molecule has 0 aliphatic rings. The second-order valence-electron chi connectivity index (χ2n) is 6.06. The predicted molar refractivity (Wildman–Crippen MR) is 117 cm³/mol. The lowest BCUT2D eigenvalue weighted by molar-refractivity contribution is 0.102. The molecule has 4 aromatic rings. The van der Waals surface area contributed by atoms with E-state index in [9.17, 15) is 4.79 Å². The van der Waals surface area contributed by atoms with E-state index in [-0.39, 0.29) is 5.91 Å². The number of aromatic nitrogens is 1. The smallest absolute Gasteiger partial charge is 0.259 e. The summed E-state index contributed by atoms with van der Waals surface area (Å²) in [6, 6.07) is 23.1. The van der Waals surface area contributed by atoms with Crippen molar-refractivity contribution in [2.45, 2.75) is 0 Å². The average molecular weight is 425 g/mol. The summed E-state index contributed by atoms with van der Waals surface area (Å²) in [4.78, 5) is 17.0. The van der Waals surface area contributed by atoms with Gasteiger partial charge in [0.1, 0.15) is 0 Å². The molecular weight excluding hydrogens is 411 g/mol. The van der Waals surface area contributed by atoms with E-state index in [1.54, 1.807) is 12.1 Å². The van der Waals surface area contributed by atoms with Gasteiger partial charge in [-0.15, -0.1) is 11.3 Å². The van der Waals surface area contributed by atoms with Gasteiger partial charge >= 0.3 is 0 Å². The number of hydrogen-bond acceptors (Lipinski definition) is 3. The third-order valence-corrected chi connectivity index (χ3v) is 5.51. The van der Waals surface area contributed by atoms with Crippen LogP contribution in [0.2, 0.25) is 10.0 Å². The molecule has 0 bridgehead atoms. The van der Waals surface area contributed by atoms with Crippen LogP contribution in [-0.4, -0.2) is 10.9 Å². The van der Waals surface area contributed by atoms with Crippen molar-refractivity contribution < 1.29 is 4.79 Å². The minimum atomic E-state index is -0.340. The van der Waals surface area contributed by atoms with Crippen molar-refractivity contribution in [3.05, 3.63) is 93.8 Å². The second kappa shape index (κ2) is 8.15. The normalized spacial score (nSPS) is 10.6. The van der Waals surface area contributed by atoms with Gasteiger partial charge in [0.15, 0.2) is 5.13 Å². The van der Waals surface area contributed by atoms with Crippen molar-refractivity contribution in [2.24, 2.45) is 0 Å². The highest BCUT2D eigenvalue weighted by Gasteiger charge is 2.14. The molecule has 1 amide bonds. The molecule has 3 nitrogen and oxygen atoms in total. The first-order chi connectivity index (χ1) is 13.6. The fourth-order valence-corrected chi connectivity index (χ4v) is 3.85. The Kier molecular flexibility index (Phi) is 5.44. The molecule has 1 aromatic heterocycles. The largest absolute Gasteiger partial charge is 0.298 e. The molecule has 4 rings (SSSR count). The first-order valence-corrected chi connectivity index (χ1v) is 10.1. The summed E-state index contributed by atoms with van der Waals surface area (Å²) >= 11 is 13.4. The highest BCUT2D eigenvalue weighted by atomic mass is 35.5. The zero-order valence-corrected chi connectivity index (χ0v) is 16.9. The van der Waals surface area contributed by atoms with Crippen LogP contribution in [0.15, 0.2) is 78.2 Å². The molecule has 0 unspecified atom stereocenters. The van der Waals surface area contributed by atoms with E-state index in [0.29, 0.717) is 20.7 Å². The summed E-state index contributed by atoms with van der Waals surface area (Å²) in [7, 11) is 0. The molecular formula is C22H14Cl2N2OS. The van der Waals surface area contributed by atoms with Gasteiger partial charge in [-0.3, -0.25) is 10.1 Å². The van der Waals surface area contributed by atoms with E-state index in [0.717, 1.165) is 16.8 Å². The Balaban J connectivity index is 1.51. The fourth-order valence-electron chi connectivity index (χ4n) is 2.76. The number of benzene rings is 3. The molecule has 0 saturated heterocycles. The van der Waals surface area contributed by atoms with Crippen LogP contribution in [0, 0.1) is 0 Å². The summed E-state index contributed by atoms with van der Waals surface area (Å²) in [6.45, 7) is 0. The van der Waals surface area contributed by atoms with Crippen molar-refractivity contribution in [1.29, 1.82) is 0 Å². The first-order valence-electron chi connectivity index (χ1n) is 8.48. The van der Waals surface area contributed by atoms with Crippen LogP contribution < -0.4 is 5.32 Å². The third kappa shape index (κ3) is 4.09. The van der Waals surface area contributed by atoms with E-state index in [4.69, 9.17) is 23.2 Å². The van der Waals surface area contributed by atoms with Gasteiger partial charge in [0.25, 0.3) is 5.91 Å². The van der Waals surface area contributed by atoms with Crippen LogP contribution in [0.3, 0.4) is 0 Å². The lowest BCUT2D eigenvalue weighted by Gasteiger charge is -2.05. The standard InChI is InChI=1S/C22H14Cl2N2OS/c23-17-10-11-19(24)18(12-17)21(27)26-22-25-20(13-28-22)16-8-6-15(7-9-16)14-4-2-1-3-5-14/h1-13H,(H,25,26,27). The molecule has 0 saturated carbocycles. The predicted octanol–water partition coefficient (Wildman–Crippen LogP) is 7.04. The van der Waals surface area contributed by atoms with E-state index in [2.05, 4.69) is 34.6 Å². The number of halogens is 2. The van der Waals surface area contributed by atoms with E-state index in [1.165, 1.54) is 23.0 Å². The zero-order valence-electron chi connectivity index (χ0n) is 14.5. The number of nitrogens with zero attached hydrogens (tertiary/aromatic N) is 1. The lowest BCUT2D eigenvalue weighted by atomic mass is 10.0. The highest BCUT2D eigenvalue weighted by Crippen LogP contribution is 2.28. The molecule has 6 heteroatoms. The molecule has 0 spiro atoms. The number of thiazole rings is 1. The maximum absolute atomic E-state index is 12.4. The summed E-state index contributed by atoms with van der Waals surface area (Å²) in [5.41, 5.74) is 4.41. The average Bonchev–Trinajstić information content (AvgIpc) is 3.19. The number of carbonyl (C=O) groups excluding carboxylic acids is 1. The van der Waals surface area contributed by atoms with E-state index < -0.39 is 0 Å². The van der Waals surface area contributed by atoms with Crippen LogP contribution in [0.1, 0.15) is 10.4 Å². The Labute approximate surface area is 176 Å². The van der Waals surface area contributed by atoms with E-state index in [1.807, 2.05) is 35.7 Å². The van der Waals surface area contributed by atoms with Gasteiger partial charge in [-0.2, -0.15) is 0 Å². The molecule has 28 heavy (non-hydrogen) atoms. The monoisotopic (exact) mass is 424 g/mol. The summed E-state index contributed by atoms with van der Waals surface area (Å²) < 4.78 is 0. The Bertz CT molecular complexity index is 1130. The number of nitrogens with one attached hydrogen (secondary N) is 1. The van der Waals surface area contributed by atoms with Crippen LogP contribution in [-0.2, 0) is 0 Å². The third-order valence-electron chi connectivity index (χ3n) is 4.19. The Morgan fingerprint density at radius 3 is 2.29 bits per heavy atom. The maximum Gasteiger partial charge on any atom is 0.259 e. The molecule has 0 fully saturated rings. The van der Waals surface area contributed by atoms with Crippen molar-refractivity contribution in [1.82, 2.24) is 4.98 Å². The van der Waals surface area contributed by atoms with Crippen LogP contribution in [0.4, 0.5) is 5.13 Å². The Hall–Kier alpha value is -2.66. The van der Waals surface area contributed by atoms with Gasteiger partial charge < -0.3 is 0 Å². The lowest BCUT2D eigenvalue weighted by Crippen LogP contribution is -2.12. The minimum absolute atomic E-state index is 0.318. The van der Waals surface area contributed by atoms with Gasteiger partial charge in [-0.1, -0.05) is 77.8 Å². The van der Waals surface area contributed by atoms with E-state index >= 15 is 0 Å². The SMILES string of the molecule is O=C(Nc1nc(-c2ccc(-c3ccccc3)cc2)cs1)c1cc(Cl)ccc1Cl. The number of anilines is 1. The molecule has 0 aliphatic heterocycles. The van der Waals surface area contributed by atoms with Gasteiger partial charge in [-0.25, -0.2) is 4.98 Å². The Morgan fingerprint density at radius 2 is 1.54 bits per heavy atom. The van der Waals surface area contributed by atoms with Crippen LogP contribution in [0.5, 0.6) is 0 Å². The summed E-state index contributed by atoms with van der Waals surface area (Å²) in [5, 5.41) is 5.99. The minimum Gasteiger partial charge on any atom is -0.298 e. The fraction of sp³-hybridized carbons (Fsp3) is 0. The maximum atomic E-state index is 12.4. The molecule has 1 N–H and O–H groups in total. The van der Waals surface area contributed by atoms with Crippen LogP contribution >= 0.6 is 34.5 Å². The van der Waals surface area contributed by atoms with Gasteiger partial charge in [-0.05, 0) is 29.3 Å². The quantitative estimate of drug-likeness (QED) is 0.381. The van der Waals surface area contributed by atoms with Crippen LogP contribution in [0.25, 0.3) is 22.4 Å². The number of hydrogen-bond donors (Lipinski definition) is 1. The van der Waals surface area contributed by atoms with Gasteiger partial charge in [0.05, 0.1) is 16.3 Å².